The third kappa shape index (κ3) is 3.42. The molecule has 0 saturated heterocycles. The van der Waals surface area contributed by atoms with Gasteiger partial charge in [0.05, 0.1) is 0 Å². The van der Waals surface area contributed by atoms with Crippen LogP contribution in [0.15, 0.2) is 0 Å². The SMILES string of the molecule is [C-]#CC1CC1C[O-].[Li+].[Li+]. The molecule has 0 N–H and O–H groups in total. The first-order chi connectivity index (χ1) is 3.38. The Bertz CT molecular complexity index is 108. The van der Waals surface area contributed by atoms with Crippen LogP contribution >= 0.6 is 0 Å². The molecule has 0 radical (unpaired) electrons. The fourth-order valence-corrected chi connectivity index (χ4v) is 0.609. The summed E-state index contributed by atoms with van der Waals surface area (Å²) in [5, 5.41) is 9.94. The van der Waals surface area contributed by atoms with E-state index in [0.29, 0.717) is 0 Å². The van der Waals surface area contributed by atoms with Gasteiger partial charge in [0, 0.05) is 0 Å². The maximum Gasteiger partial charge on any atom is 1.00 e. The standard InChI is InChI=1S/C6H6O.2Li/c1-2-5-3-6(5)4-7;;/h5-6H,3-4H2;;/q-2;2*+1. The van der Waals surface area contributed by atoms with E-state index in [1.54, 1.807) is 0 Å². The topological polar surface area (TPSA) is 23.1 Å². The van der Waals surface area contributed by atoms with Crippen molar-refractivity contribution < 1.29 is 42.8 Å². The van der Waals surface area contributed by atoms with Crippen molar-refractivity contribution in [2.45, 2.75) is 6.42 Å². The maximum atomic E-state index is 9.94. The van der Waals surface area contributed by atoms with Gasteiger partial charge in [0.2, 0.25) is 0 Å². The van der Waals surface area contributed by atoms with Crippen molar-refractivity contribution in [1.82, 2.24) is 0 Å². The molecule has 3 heteroatoms. The van der Waals surface area contributed by atoms with E-state index in [2.05, 4.69) is 5.92 Å². The summed E-state index contributed by atoms with van der Waals surface area (Å²) in [6.45, 7) is -0.0173. The first-order valence-corrected chi connectivity index (χ1v) is 2.39. The monoisotopic (exact) mass is 108 g/mol. The van der Waals surface area contributed by atoms with Crippen LogP contribution < -0.4 is 42.8 Å². The Morgan fingerprint density at radius 3 is 2.22 bits per heavy atom. The molecule has 0 aromatic heterocycles. The summed E-state index contributed by atoms with van der Waals surface area (Å²) < 4.78 is 0. The van der Waals surface area contributed by atoms with Gasteiger partial charge in [-0.3, -0.25) is 0 Å². The van der Waals surface area contributed by atoms with E-state index >= 15 is 0 Å². The van der Waals surface area contributed by atoms with Gasteiger partial charge in [-0.1, -0.05) is 0 Å². The Morgan fingerprint density at radius 1 is 1.56 bits per heavy atom. The van der Waals surface area contributed by atoms with E-state index in [0.717, 1.165) is 6.42 Å². The van der Waals surface area contributed by atoms with Crippen molar-refractivity contribution in [2.24, 2.45) is 11.8 Å². The van der Waals surface area contributed by atoms with Gasteiger partial charge < -0.3 is 17.5 Å². The second-order valence-electron chi connectivity index (χ2n) is 1.91. The van der Waals surface area contributed by atoms with Gasteiger partial charge in [-0.15, -0.1) is 6.61 Å². The van der Waals surface area contributed by atoms with Crippen LogP contribution in [0.4, 0.5) is 0 Å². The summed E-state index contributed by atoms with van der Waals surface area (Å²) >= 11 is 0. The van der Waals surface area contributed by atoms with Crippen molar-refractivity contribution in [3.8, 4) is 5.92 Å². The Labute approximate surface area is 79.9 Å². The van der Waals surface area contributed by atoms with Gasteiger partial charge in [0.25, 0.3) is 0 Å². The van der Waals surface area contributed by atoms with Gasteiger partial charge in [-0.25, -0.2) is 0 Å². The zero-order chi connectivity index (χ0) is 5.28. The van der Waals surface area contributed by atoms with E-state index in [-0.39, 0.29) is 56.2 Å². The van der Waals surface area contributed by atoms with Gasteiger partial charge in [-0.2, -0.15) is 0 Å². The van der Waals surface area contributed by atoms with Gasteiger partial charge in [0.15, 0.2) is 0 Å². The Kier molecular flexibility index (Phi) is 7.57. The van der Waals surface area contributed by atoms with Gasteiger partial charge >= 0.3 is 37.7 Å². The molecule has 0 heterocycles. The summed E-state index contributed by atoms with van der Waals surface area (Å²) in [6.07, 6.45) is 7.47. The van der Waals surface area contributed by atoms with Crippen LogP contribution in [-0.2, 0) is 0 Å². The van der Waals surface area contributed by atoms with Crippen LogP contribution in [0.3, 0.4) is 0 Å². The first kappa shape index (κ1) is 12.4. The second-order valence-corrected chi connectivity index (χ2v) is 1.91. The second kappa shape index (κ2) is 5.50. The Hall–Kier alpha value is 0.715. The van der Waals surface area contributed by atoms with Crippen molar-refractivity contribution in [3.05, 3.63) is 6.42 Å². The smallest absolute Gasteiger partial charge is 0.854 e. The van der Waals surface area contributed by atoms with E-state index in [4.69, 9.17) is 6.42 Å². The Balaban J connectivity index is 0. The molecule has 2 unspecified atom stereocenters. The van der Waals surface area contributed by atoms with E-state index in [9.17, 15) is 5.11 Å². The molecule has 0 amide bonds. The van der Waals surface area contributed by atoms with Crippen LogP contribution in [0.2, 0.25) is 0 Å². The minimum absolute atomic E-state index is 0. The summed E-state index contributed by atoms with van der Waals surface area (Å²) in [4.78, 5) is 0. The van der Waals surface area contributed by atoms with Crippen LogP contribution in [-0.4, -0.2) is 6.61 Å². The van der Waals surface area contributed by atoms with Crippen molar-refractivity contribution in [2.75, 3.05) is 6.61 Å². The van der Waals surface area contributed by atoms with Crippen molar-refractivity contribution >= 4 is 0 Å². The molecule has 1 fully saturated rings. The molecule has 1 nitrogen and oxygen atoms in total. The zero-order valence-corrected chi connectivity index (χ0v) is 5.98. The van der Waals surface area contributed by atoms with Crippen molar-refractivity contribution in [3.63, 3.8) is 0 Å². The first-order valence-electron chi connectivity index (χ1n) is 2.39. The fourth-order valence-electron chi connectivity index (χ4n) is 0.609. The summed E-state index contributed by atoms with van der Waals surface area (Å²) in [5.74, 6) is 2.77. The molecule has 1 rings (SSSR count). The molecule has 0 aliphatic heterocycles. The molecule has 0 aromatic rings. The normalized spacial score (nSPS) is 28.9. The van der Waals surface area contributed by atoms with Crippen LogP contribution in [0.25, 0.3) is 0 Å². The molecule has 0 aromatic carbocycles. The molecule has 1 saturated carbocycles. The predicted octanol–water partition coefficient (Wildman–Crippen LogP) is -6.42. The molecular weight excluding hydrogens is 102 g/mol. The van der Waals surface area contributed by atoms with Crippen LogP contribution in [0, 0.1) is 24.2 Å². The molecular formula is C6H6Li2O. The van der Waals surface area contributed by atoms with E-state index in [1.807, 2.05) is 0 Å². The predicted molar refractivity (Wildman–Crippen MR) is 23.6 cm³/mol. The zero-order valence-electron chi connectivity index (χ0n) is 5.98. The van der Waals surface area contributed by atoms with E-state index < -0.39 is 0 Å². The maximum absolute atomic E-state index is 9.94. The number of hydrogen-bond donors (Lipinski definition) is 0. The number of hydrogen-bond acceptors (Lipinski definition) is 1. The van der Waals surface area contributed by atoms with Crippen LogP contribution in [0.1, 0.15) is 6.42 Å². The third-order valence-corrected chi connectivity index (χ3v) is 1.32. The Morgan fingerprint density at radius 2 is 2.11 bits per heavy atom. The average Bonchev–Trinajstić information content (AvgIpc) is 2.43. The molecule has 1 aliphatic rings. The average molecular weight is 108 g/mol. The molecule has 9 heavy (non-hydrogen) atoms. The van der Waals surface area contributed by atoms with Crippen LogP contribution in [0.5, 0.6) is 0 Å². The minimum Gasteiger partial charge on any atom is -0.854 e. The third-order valence-electron chi connectivity index (χ3n) is 1.32. The molecule has 38 valence electrons. The summed E-state index contributed by atoms with van der Waals surface area (Å²) in [7, 11) is 0. The van der Waals surface area contributed by atoms with E-state index in [1.165, 1.54) is 0 Å². The molecule has 1 aliphatic carbocycles. The fraction of sp³-hybridized carbons (Fsp3) is 0.667. The minimum atomic E-state index is -0.0173. The molecule has 0 spiro atoms. The quantitative estimate of drug-likeness (QED) is 0.186. The molecule has 0 bridgehead atoms. The van der Waals surface area contributed by atoms with Gasteiger partial charge in [0.1, 0.15) is 0 Å². The largest absolute Gasteiger partial charge is 1.00 e. The van der Waals surface area contributed by atoms with Crippen molar-refractivity contribution in [1.29, 1.82) is 0 Å². The summed E-state index contributed by atoms with van der Waals surface area (Å²) in [5.41, 5.74) is 0. The molecule has 2 atom stereocenters. The summed E-state index contributed by atoms with van der Waals surface area (Å²) in [6, 6.07) is 0. The van der Waals surface area contributed by atoms with Gasteiger partial charge in [-0.05, 0) is 18.3 Å². The number of rotatable bonds is 1.